The molecule has 3 rings (SSSR count). The van der Waals surface area contributed by atoms with Crippen LogP contribution in [0.4, 0.5) is 0 Å². The molecule has 1 aromatic heterocycles. The number of nitrogens with one attached hydrogen (secondary N) is 1. The standard InChI is InChI=1S/C15H18N2/c1-11-5-6-13(10-12(11)2)15-14-4-3-8-17(14)9-7-16-15/h3-6,8,10,15-16H,7,9H2,1-2H3. The Hall–Kier alpha value is -1.54. The van der Waals surface area contributed by atoms with Crippen molar-refractivity contribution in [2.75, 3.05) is 6.54 Å². The summed E-state index contributed by atoms with van der Waals surface area (Å²) in [5.41, 5.74) is 5.47. The lowest BCUT2D eigenvalue weighted by atomic mass is 9.98. The van der Waals surface area contributed by atoms with Crippen LogP contribution >= 0.6 is 0 Å². The van der Waals surface area contributed by atoms with Crippen LogP contribution in [0.15, 0.2) is 36.5 Å². The number of rotatable bonds is 1. The van der Waals surface area contributed by atoms with E-state index in [2.05, 4.69) is 60.3 Å². The number of fused-ring (bicyclic) bond motifs is 1. The van der Waals surface area contributed by atoms with E-state index in [9.17, 15) is 0 Å². The summed E-state index contributed by atoms with van der Waals surface area (Å²) in [6, 6.07) is 11.5. The van der Waals surface area contributed by atoms with Crippen LogP contribution in [0.3, 0.4) is 0 Å². The fourth-order valence-electron chi connectivity index (χ4n) is 2.56. The molecule has 1 atom stereocenters. The molecular weight excluding hydrogens is 208 g/mol. The van der Waals surface area contributed by atoms with Crippen molar-refractivity contribution in [3.63, 3.8) is 0 Å². The monoisotopic (exact) mass is 226 g/mol. The van der Waals surface area contributed by atoms with Gasteiger partial charge in [-0.3, -0.25) is 0 Å². The van der Waals surface area contributed by atoms with Crippen molar-refractivity contribution in [2.45, 2.75) is 26.4 Å². The van der Waals surface area contributed by atoms with Crippen molar-refractivity contribution in [1.82, 2.24) is 9.88 Å². The van der Waals surface area contributed by atoms with Gasteiger partial charge < -0.3 is 9.88 Å². The summed E-state index contributed by atoms with van der Waals surface area (Å²) in [6.45, 7) is 6.46. The fraction of sp³-hybridized carbons (Fsp3) is 0.333. The molecule has 0 radical (unpaired) electrons. The minimum atomic E-state index is 0.345. The molecule has 88 valence electrons. The van der Waals surface area contributed by atoms with Crippen molar-refractivity contribution >= 4 is 0 Å². The van der Waals surface area contributed by atoms with E-state index in [-0.39, 0.29) is 0 Å². The Balaban J connectivity index is 2.03. The Morgan fingerprint density at radius 2 is 2.06 bits per heavy atom. The van der Waals surface area contributed by atoms with Crippen molar-refractivity contribution in [2.24, 2.45) is 0 Å². The minimum Gasteiger partial charge on any atom is -0.348 e. The van der Waals surface area contributed by atoms with Crippen LogP contribution in [0, 0.1) is 13.8 Å². The maximum atomic E-state index is 3.60. The number of aryl methyl sites for hydroxylation is 2. The first-order valence-corrected chi connectivity index (χ1v) is 6.21. The topological polar surface area (TPSA) is 17.0 Å². The molecule has 2 heterocycles. The second kappa shape index (κ2) is 4.04. The lowest BCUT2D eigenvalue weighted by Crippen LogP contribution is -2.33. The molecule has 1 N–H and O–H groups in total. The average molecular weight is 226 g/mol. The van der Waals surface area contributed by atoms with Crippen molar-refractivity contribution in [1.29, 1.82) is 0 Å². The zero-order valence-electron chi connectivity index (χ0n) is 10.4. The first-order valence-electron chi connectivity index (χ1n) is 6.21. The van der Waals surface area contributed by atoms with Gasteiger partial charge in [0.1, 0.15) is 0 Å². The molecule has 0 saturated heterocycles. The predicted octanol–water partition coefficient (Wildman–Crippen LogP) is 2.80. The van der Waals surface area contributed by atoms with Crippen LogP contribution < -0.4 is 5.32 Å². The number of aromatic nitrogens is 1. The van der Waals surface area contributed by atoms with Gasteiger partial charge >= 0.3 is 0 Å². The molecule has 2 nitrogen and oxygen atoms in total. The van der Waals surface area contributed by atoms with Crippen LogP contribution in [0.25, 0.3) is 0 Å². The maximum Gasteiger partial charge on any atom is 0.0731 e. The first-order chi connectivity index (χ1) is 8.25. The molecule has 0 spiro atoms. The van der Waals surface area contributed by atoms with Gasteiger partial charge in [-0.1, -0.05) is 18.2 Å². The van der Waals surface area contributed by atoms with E-state index in [4.69, 9.17) is 0 Å². The Morgan fingerprint density at radius 1 is 1.18 bits per heavy atom. The van der Waals surface area contributed by atoms with Gasteiger partial charge in [-0.2, -0.15) is 0 Å². The smallest absolute Gasteiger partial charge is 0.0731 e. The van der Waals surface area contributed by atoms with E-state index in [1.54, 1.807) is 0 Å². The highest BCUT2D eigenvalue weighted by Gasteiger charge is 2.20. The summed E-state index contributed by atoms with van der Waals surface area (Å²) in [4.78, 5) is 0. The molecule has 0 amide bonds. The van der Waals surface area contributed by atoms with E-state index < -0.39 is 0 Å². The molecule has 2 heteroatoms. The molecule has 17 heavy (non-hydrogen) atoms. The van der Waals surface area contributed by atoms with E-state index in [1.807, 2.05) is 0 Å². The summed E-state index contributed by atoms with van der Waals surface area (Å²) < 4.78 is 2.34. The van der Waals surface area contributed by atoms with Gasteiger partial charge in [0.05, 0.1) is 6.04 Å². The SMILES string of the molecule is Cc1ccc(C2NCCn3cccc32)cc1C. The molecule has 1 aliphatic heterocycles. The van der Waals surface area contributed by atoms with Crippen LogP contribution in [0.2, 0.25) is 0 Å². The second-order valence-corrected chi connectivity index (χ2v) is 4.86. The van der Waals surface area contributed by atoms with Crippen LogP contribution in [0.5, 0.6) is 0 Å². The lowest BCUT2D eigenvalue weighted by Gasteiger charge is -2.27. The molecule has 0 aliphatic carbocycles. The lowest BCUT2D eigenvalue weighted by molar-refractivity contribution is 0.467. The maximum absolute atomic E-state index is 3.60. The molecule has 1 aromatic carbocycles. The minimum absolute atomic E-state index is 0.345. The summed E-state index contributed by atoms with van der Waals surface area (Å²) in [5, 5.41) is 3.60. The van der Waals surface area contributed by atoms with E-state index in [0.29, 0.717) is 6.04 Å². The van der Waals surface area contributed by atoms with E-state index in [1.165, 1.54) is 22.4 Å². The van der Waals surface area contributed by atoms with Gasteiger partial charge in [0.2, 0.25) is 0 Å². The molecule has 1 unspecified atom stereocenters. The van der Waals surface area contributed by atoms with Crippen LogP contribution in [-0.4, -0.2) is 11.1 Å². The van der Waals surface area contributed by atoms with E-state index >= 15 is 0 Å². The van der Waals surface area contributed by atoms with Crippen LogP contribution in [-0.2, 0) is 6.54 Å². The summed E-state index contributed by atoms with van der Waals surface area (Å²) in [6.07, 6.45) is 2.17. The second-order valence-electron chi connectivity index (χ2n) is 4.86. The number of hydrogen-bond donors (Lipinski definition) is 1. The predicted molar refractivity (Wildman–Crippen MR) is 70.2 cm³/mol. The number of hydrogen-bond acceptors (Lipinski definition) is 1. The quantitative estimate of drug-likeness (QED) is 0.791. The van der Waals surface area contributed by atoms with Gasteiger partial charge in [-0.25, -0.2) is 0 Å². The highest BCUT2D eigenvalue weighted by molar-refractivity contribution is 5.36. The molecule has 0 fully saturated rings. The van der Waals surface area contributed by atoms with Gasteiger partial charge in [-0.05, 0) is 42.7 Å². The Morgan fingerprint density at radius 3 is 2.88 bits per heavy atom. The van der Waals surface area contributed by atoms with Gasteiger partial charge in [0.15, 0.2) is 0 Å². The Kier molecular flexibility index (Phi) is 2.52. The average Bonchev–Trinajstić information content (AvgIpc) is 2.80. The molecule has 1 aliphatic rings. The van der Waals surface area contributed by atoms with E-state index in [0.717, 1.165) is 13.1 Å². The highest BCUT2D eigenvalue weighted by Crippen LogP contribution is 2.26. The van der Waals surface area contributed by atoms with Crippen molar-refractivity contribution in [3.8, 4) is 0 Å². The molecule has 2 aromatic rings. The van der Waals surface area contributed by atoms with Crippen molar-refractivity contribution < 1.29 is 0 Å². The Bertz CT molecular complexity index is 540. The van der Waals surface area contributed by atoms with Crippen molar-refractivity contribution in [3.05, 3.63) is 58.9 Å². The third-order valence-corrected chi connectivity index (χ3v) is 3.73. The molecule has 0 bridgehead atoms. The highest BCUT2D eigenvalue weighted by atomic mass is 15.1. The zero-order valence-corrected chi connectivity index (χ0v) is 10.4. The summed E-state index contributed by atoms with van der Waals surface area (Å²) >= 11 is 0. The zero-order chi connectivity index (χ0) is 11.8. The van der Waals surface area contributed by atoms with Crippen LogP contribution in [0.1, 0.15) is 28.4 Å². The third-order valence-electron chi connectivity index (χ3n) is 3.73. The summed E-state index contributed by atoms with van der Waals surface area (Å²) in [7, 11) is 0. The number of nitrogens with zero attached hydrogens (tertiary/aromatic N) is 1. The first kappa shape index (κ1) is 10.6. The fourth-order valence-corrected chi connectivity index (χ4v) is 2.56. The molecular formula is C15H18N2. The number of benzene rings is 1. The molecule has 0 saturated carbocycles. The van der Waals surface area contributed by atoms with Gasteiger partial charge in [-0.15, -0.1) is 0 Å². The normalized spacial score (nSPS) is 19.1. The third kappa shape index (κ3) is 1.79. The Labute approximate surface area is 102 Å². The van der Waals surface area contributed by atoms with Gasteiger partial charge in [0, 0.05) is 25.0 Å². The summed E-state index contributed by atoms with van der Waals surface area (Å²) in [5.74, 6) is 0. The van der Waals surface area contributed by atoms with Gasteiger partial charge in [0.25, 0.3) is 0 Å². The largest absolute Gasteiger partial charge is 0.348 e.